The van der Waals surface area contributed by atoms with Gasteiger partial charge in [-0.1, -0.05) is 24.3 Å². The van der Waals surface area contributed by atoms with Gasteiger partial charge in [-0.3, -0.25) is 14.6 Å². The summed E-state index contributed by atoms with van der Waals surface area (Å²) in [6.07, 6.45) is 1.22. The molecular formula is C26H27N3O6. The summed E-state index contributed by atoms with van der Waals surface area (Å²) in [4.78, 5) is 44.6. The zero-order valence-corrected chi connectivity index (χ0v) is 19.7. The number of carbonyl (C=O) groups is 2. The average molecular weight is 478 g/mol. The van der Waals surface area contributed by atoms with Crippen LogP contribution in [-0.2, 0) is 29.1 Å². The lowest BCUT2D eigenvalue weighted by molar-refractivity contribution is -0.137. The molecule has 0 saturated carbocycles. The zero-order valence-electron chi connectivity index (χ0n) is 19.7. The fourth-order valence-electron chi connectivity index (χ4n) is 4.05. The van der Waals surface area contributed by atoms with Gasteiger partial charge in [-0.05, 0) is 31.2 Å². The number of amides is 1. The Hall–Kier alpha value is -4.14. The second-order valence-corrected chi connectivity index (χ2v) is 8.07. The van der Waals surface area contributed by atoms with Crippen molar-refractivity contribution in [3.05, 3.63) is 88.1 Å². The molecule has 0 saturated heterocycles. The van der Waals surface area contributed by atoms with Gasteiger partial charge in [0.25, 0.3) is 11.5 Å². The molecule has 1 amide bonds. The van der Waals surface area contributed by atoms with E-state index >= 15 is 0 Å². The van der Waals surface area contributed by atoms with Crippen molar-refractivity contribution >= 4 is 11.9 Å². The number of methoxy groups -OCH3 is 1. The number of hydrogen-bond acceptors (Lipinski definition) is 7. The van der Waals surface area contributed by atoms with Crippen LogP contribution in [0.25, 0.3) is 0 Å². The number of fused-ring (bicyclic) bond motifs is 1. The molecule has 0 N–H and O–H groups in total. The van der Waals surface area contributed by atoms with Gasteiger partial charge in [0.05, 0.1) is 12.8 Å². The molecule has 9 nitrogen and oxygen atoms in total. The van der Waals surface area contributed by atoms with Crippen LogP contribution in [0.3, 0.4) is 0 Å². The molecule has 0 bridgehead atoms. The quantitative estimate of drug-likeness (QED) is 0.482. The van der Waals surface area contributed by atoms with Crippen molar-refractivity contribution in [3.63, 3.8) is 0 Å². The number of rotatable bonds is 7. The maximum absolute atomic E-state index is 13.1. The summed E-state index contributed by atoms with van der Waals surface area (Å²) in [5.41, 5.74) is 1.01. The van der Waals surface area contributed by atoms with E-state index in [1.54, 1.807) is 42.3 Å². The van der Waals surface area contributed by atoms with E-state index in [1.165, 1.54) is 17.7 Å². The molecule has 1 aromatic carbocycles. The van der Waals surface area contributed by atoms with Gasteiger partial charge < -0.3 is 23.7 Å². The van der Waals surface area contributed by atoms with Crippen LogP contribution >= 0.6 is 0 Å². The van der Waals surface area contributed by atoms with Crippen molar-refractivity contribution < 1.29 is 23.8 Å². The third-order valence-corrected chi connectivity index (χ3v) is 5.80. The molecule has 0 aliphatic carbocycles. The number of carbonyl (C=O) groups excluding carboxylic acids is 2. The van der Waals surface area contributed by atoms with Crippen LogP contribution in [0.4, 0.5) is 0 Å². The van der Waals surface area contributed by atoms with Crippen LogP contribution in [0.2, 0.25) is 0 Å². The summed E-state index contributed by atoms with van der Waals surface area (Å²) >= 11 is 0. The van der Waals surface area contributed by atoms with Gasteiger partial charge in [-0.15, -0.1) is 0 Å². The summed E-state index contributed by atoms with van der Waals surface area (Å²) in [7, 11) is 1.28. The molecular weight excluding hydrogens is 450 g/mol. The molecule has 1 atom stereocenters. The lowest BCUT2D eigenvalue weighted by Gasteiger charge is -2.24. The molecule has 3 aromatic rings. The number of benzene rings is 1. The van der Waals surface area contributed by atoms with Crippen molar-refractivity contribution in [2.24, 2.45) is 0 Å². The molecule has 2 aromatic heterocycles. The highest BCUT2D eigenvalue weighted by molar-refractivity contribution is 5.93. The Labute approximate surface area is 202 Å². The van der Waals surface area contributed by atoms with Gasteiger partial charge in [-0.25, -0.2) is 4.79 Å². The number of para-hydroxylation sites is 1. The first kappa shape index (κ1) is 24.0. The minimum Gasteiger partial charge on any atom is -0.486 e. The number of esters is 1. The Bertz CT molecular complexity index is 1240. The van der Waals surface area contributed by atoms with Gasteiger partial charge in [0.1, 0.15) is 23.7 Å². The molecule has 35 heavy (non-hydrogen) atoms. The Morgan fingerprint density at radius 3 is 2.54 bits per heavy atom. The predicted octanol–water partition coefficient (Wildman–Crippen LogP) is 2.46. The summed E-state index contributed by atoms with van der Waals surface area (Å²) in [5.74, 6) is -0.0593. The zero-order chi connectivity index (χ0) is 24.8. The summed E-state index contributed by atoms with van der Waals surface area (Å²) in [6, 6.07) is 15.8. The molecule has 3 heterocycles. The highest BCUT2D eigenvalue weighted by Gasteiger charge is 2.29. The van der Waals surface area contributed by atoms with E-state index in [4.69, 9.17) is 14.2 Å². The Morgan fingerprint density at radius 2 is 1.83 bits per heavy atom. The van der Waals surface area contributed by atoms with Gasteiger partial charge in [0, 0.05) is 44.0 Å². The average Bonchev–Trinajstić information content (AvgIpc) is 3.11. The van der Waals surface area contributed by atoms with Crippen molar-refractivity contribution in [3.8, 4) is 11.5 Å². The summed E-state index contributed by atoms with van der Waals surface area (Å²) in [5, 5.41) is 0. The number of aromatic nitrogens is 2. The first-order chi connectivity index (χ1) is 17.0. The van der Waals surface area contributed by atoms with Crippen LogP contribution in [0.1, 0.15) is 28.7 Å². The molecule has 9 heteroatoms. The first-order valence-corrected chi connectivity index (χ1v) is 11.4. The van der Waals surface area contributed by atoms with Crippen LogP contribution in [0.5, 0.6) is 11.5 Å². The highest BCUT2D eigenvalue weighted by atomic mass is 16.5. The predicted molar refractivity (Wildman–Crippen MR) is 127 cm³/mol. The van der Waals surface area contributed by atoms with E-state index in [1.807, 2.05) is 24.3 Å². The number of nitrogens with zero attached hydrogens (tertiary/aromatic N) is 3. The first-order valence-electron chi connectivity index (χ1n) is 11.4. The largest absolute Gasteiger partial charge is 0.486 e. The molecule has 0 fully saturated rings. The molecule has 0 radical (unpaired) electrons. The smallest absolute Gasteiger partial charge is 0.343 e. The maximum atomic E-state index is 13.1. The van der Waals surface area contributed by atoms with Gasteiger partial charge >= 0.3 is 5.97 Å². The number of pyridine rings is 2. The molecule has 1 aliphatic rings. The fraction of sp³-hybridized carbons (Fsp3) is 0.308. The standard InChI is InChI=1S/C26H27N3O6/c1-18(35-20-9-4-3-5-10-20)25(31)28-13-11-21-24(26(32)33-2)22(16-23(30)29(21)15-14-28)34-17-19-8-6-7-12-27-19/h3-10,12,16,18H,11,13-15,17H2,1-2H3/t18-/m1/s1. The Balaban J connectivity index is 1.56. The molecule has 182 valence electrons. The number of ether oxygens (including phenoxy) is 3. The lowest BCUT2D eigenvalue weighted by atomic mass is 10.1. The topological polar surface area (TPSA) is 100.0 Å². The van der Waals surface area contributed by atoms with E-state index in [-0.39, 0.29) is 42.4 Å². The summed E-state index contributed by atoms with van der Waals surface area (Å²) < 4.78 is 18.1. The monoisotopic (exact) mass is 477 g/mol. The normalized spacial score (nSPS) is 13.8. The van der Waals surface area contributed by atoms with Gasteiger partial charge in [-0.2, -0.15) is 0 Å². The second-order valence-electron chi connectivity index (χ2n) is 8.07. The van der Waals surface area contributed by atoms with Gasteiger partial charge in [0.15, 0.2) is 6.10 Å². The molecule has 0 spiro atoms. The fourth-order valence-corrected chi connectivity index (χ4v) is 4.05. The van der Waals surface area contributed by atoms with E-state index in [0.717, 1.165) is 0 Å². The minimum atomic E-state index is -0.701. The van der Waals surface area contributed by atoms with Gasteiger partial charge in [0.2, 0.25) is 0 Å². The maximum Gasteiger partial charge on any atom is 0.343 e. The van der Waals surface area contributed by atoms with Crippen LogP contribution < -0.4 is 15.0 Å². The van der Waals surface area contributed by atoms with Crippen molar-refractivity contribution in [1.29, 1.82) is 0 Å². The van der Waals surface area contributed by atoms with Crippen molar-refractivity contribution in [2.45, 2.75) is 32.6 Å². The van der Waals surface area contributed by atoms with E-state index in [9.17, 15) is 14.4 Å². The van der Waals surface area contributed by atoms with E-state index < -0.39 is 12.1 Å². The minimum absolute atomic E-state index is 0.0900. The van der Waals surface area contributed by atoms with Crippen molar-refractivity contribution in [2.75, 3.05) is 20.2 Å². The molecule has 0 unspecified atom stereocenters. The Morgan fingerprint density at radius 1 is 1.06 bits per heavy atom. The lowest BCUT2D eigenvalue weighted by Crippen LogP contribution is -2.42. The highest BCUT2D eigenvalue weighted by Crippen LogP contribution is 2.25. The van der Waals surface area contributed by atoms with Crippen LogP contribution in [0, 0.1) is 0 Å². The van der Waals surface area contributed by atoms with Crippen LogP contribution in [-0.4, -0.2) is 52.6 Å². The SMILES string of the molecule is COC(=O)c1c(OCc2ccccn2)cc(=O)n2c1CCN(C(=O)[C@@H](C)Oc1ccccc1)CC2. The van der Waals surface area contributed by atoms with Crippen molar-refractivity contribution in [1.82, 2.24) is 14.5 Å². The van der Waals surface area contributed by atoms with E-state index in [0.29, 0.717) is 30.2 Å². The number of hydrogen-bond donors (Lipinski definition) is 0. The summed E-state index contributed by atoms with van der Waals surface area (Å²) in [6.45, 7) is 2.65. The Kier molecular flexibility index (Phi) is 7.45. The third kappa shape index (κ3) is 5.51. The third-order valence-electron chi connectivity index (χ3n) is 5.80. The molecule has 4 rings (SSSR count). The van der Waals surface area contributed by atoms with E-state index in [2.05, 4.69) is 4.98 Å². The molecule has 1 aliphatic heterocycles. The van der Waals surface area contributed by atoms with Crippen LogP contribution in [0.15, 0.2) is 65.6 Å². The second kappa shape index (κ2) is 10.9.